The van der Waals surface area contributed by atoms with Crippen molar-refractivity contribution < 1.29 is 39.8 Å². The molecule has 0 aromatic carbocycles. The van der Waals surface area contributed by atoms with Crippen molar-refractivity contribution in [1.29, 1.82) is 0 Å². The number of carbonyl (C=O) groups excluding carboxylic acids is 1. The van der Waals surface area contributed by atoms with E-state index < -0.39 is 49.5 Å². The average molecular weight is 786 g/mol. The van der Waals surface area contributed by atoms with Gasteiger partial charge in [-0.1, -0.05) is 213 Å². The first-order valence-electron chi connectivity index (χ1n) is 23.7. The molecule has 1 aliphatic heterocycles. The summed E-state index contributed by atoms with van der Waals surface area (Å²) in [6.07, 6.45) is 34.0. The molecule has 2 unspecified atom stereocenters. The molecule has 1 amide bonds. The SMILES string of the molecule is CCCCCCCCCCCCCCCCCCCCCCC(=O)N[C@@H](CO[C@H]1O[C@@H](CO)[C@H](O)C(O)C1O)[C@H](O)CCCCCCCCCCCCCC. The third-order valence-electron chi connectivity index (χ3n) is 11.7. The van der Waals surface area contributed by atoms with Crippen LogP contribution in [0.4, 0.5) is 0 Å². The maximum atomic E-state index is 13.0. The Balaban J connectivity index is 2.26. The van der Waals surface area contributed by atoms with Gasteiger partial charge in [-0.05, 0) is 12.8 Å². The summed E-state index contributed by atoms with van der Waals surface area (Å²) in [5, 5.41) is 54.3. The number of ether oxygens (including phenoxy) is 2. The van der Waals surface area contributed by atoms with E-state index in [1.807, 2.05) is 0 Å². The van der Waals surface area contributed by atoms with E-state index >= 15 is 0 Å². The van der Waals surface area contributed by atoms with Gasteiger partial charge in [0.1, 0.15) is 24.4 Å². The summed E-state index contributed by atoms with van der Waals surface area (Å²) in [5.74, 6) is -0.140. The van der Waals surface area contributed by atoms with Crippen LogP contribution in [0.1, 0.15) is 232 Å². The predicted molar refractivity (Wildman–Crippen MR) is 226 cm³/mol. The van der Waals surface area contributed by atoms with E-state index in [2.05, 4.69) is 19.2 Å². The Morgan fingerprint density at radius 3 is 1.29 bits per heavy atom. The Kier molecular flexibility index (Phi) is 35.6. The Morgan fingerprint density at radius 2 is 0.909 bits per heavy atom. The second kappa shape index (κ2) is 37.5. The largest absolute Gasteiger partial charge is 0.394 e. The van der Waals surface area contributed by atoms with Crippen LogP contribution in [0, 0.1) is 0 Å². The lowest BCUT2D eigenvalue weighted by Crippen LogP contribution is -2.60. The summed E-state index contributed by atoms with van der Waals surface area (Å²) in [6.45, 7) is 3.85. The van der Waals surface area contributed by atoms with Crippen molar-refractivity contribution in [2.24, 2.45) is 0 Å². The van der Waals surface area contributed by atoms with Gasteiger partial charge in [0, 0.05) is 6.42 Å². The van der Waals surface area contributed by atoms with Crippen molar-refractivity contribution in [2.75, 3.05) is 13.2 Å². The molecule has 1 heterocycles. The van der Waals surface area contributed by atoms with Crippen molar-refractivity contribution >= 4 is 5.91 Å². The molecule has 0 aromatic rings. The molecule has 0 radical (unpaired) electrons. The summed E-state index contributed by atoms with van der Waals surface area (Å²) in [5.41, 5.74) is 0. The van der Waals surface area contributed by atoms with Crippen molar-refractivity contribution in [3.63, 3.8) is 0 Å². The number of aliphatic hydroxyl groups is 5. The highest BCUT2D eigenvalue weighted by Crippen LogP contribution is 2.23. The fraction of sp³-hybridized carbons (Fsp3) is 0.978. The van der Waals surface area contributed by atoms with Gasteiger partial charge in [0.2, 0.25) is 5.91 Å². The smallest absolute Gasteiger partial charge is 0.220 e. The molecule has 1 fully saturated rings. The zero-order chi connectivity index (χ0) is 40.2. The number of carbonyl (C=O) groups is 1. The van der Waals surface area contributed by atoms with E-state index in [1.165, 1.54) is 167 Å². The van der Waals surface area contributed by atoms with Crippen LogP contribution in [0.15, 0.2) is 0 Å². The third-order valence-corrected chi connectivity index (χ3v) is 11.7. The van der Waals surface area contributed by atoms with Crippen molar-refractivity contribution in [3.05, 3.63) is 0 Å². The summed E-state index contributed by atoms with van der Waals surface area (Å²) in [6, 6.07) is -0.710. The first-order chi connectivity index (χ1) is 26.8. The molecular weight excluding hydrogens is 695 g/mol. The normalized spacial score (nSPS) is 21.2. The molecule has 55 heavy (non-hydrogen) atoms. The molecule has 1 aliphatic rings. The average Bonchev–Trinajstić information content (AvgIpc) is 3.18. The van der Waals surface area contributed by atoms with E-state index in [0.29, 0.717) is 12.8 Å². The molecule has 9 heteroatoms. The van der Waals surface area contributed by atoms with Crippen LogP contribution in [0.2, 0.25) is 0 Å². The molecule has 328 valence electrons. The molecule has 7 atom stereocenters. The van der Waals surface area contributed by atoms with Crippen LogP contribution in [0.3, 0.4) is 0 Å². The molecule has 6 N–H and O–H groups in total. The van der Waals surface area contributed by atoms with E-state index in [4.69, 9.17) is 9.47 Å². The first kappa shape index (κ1) is 52.2. The van der Waals surface area contributed by atoms with Gasteiger partial charge in [-0.2, -0.15) is 0 Å². The number of rotatable bonds is 40. The number of amides is 1. The van der Waals surface area contributed by atoms with Crippen molar-refractivity contribution in [3.8, 4) is 0 Å². The number of hydrogen-bond acceptors (Lipinski definition) is 8. The molecule has 1 saturated heterocycles. The second-order valence-electron chi connectivity index (χ2n) is 16.9. The molecule has 1 rings (SSSR count). The summed E-state index contributed by atoms with van der Waals surface area (Å²) in [4.78, 5) is 13.0. The number of aliphatic hydroxyl groups excluding tert-OH is 5. The zero-order valence-corrected chi connectivity index (χ0v) is 36.0. The lowest BCUT2D eigenvalue weighted by atomic mass is 9.99. The second-order valence-corrected chi connectivity index (χ2v) is 16.9. The third kappa shape index (κ3) is 28.3. The monoisotopic (exact) mass is 786 g/mol. The number of hydrogen-bond donors (Lipinski definition) is 6. The highest BCUT2D eigenvalue weighted by molar-refractivity contribution is 5.76. The van der Waals surface area contributed by atoms with Gasteiger partial charge < -0.3 is 40.3 Å². The standard InChI is InChI=1S/C46H91NO8/c1-3-5-7-9-11-13-15-17-18-19-20-21-22-23-24-26-28-30-32-34-36-42(50)47-39(38-54-46-45(53)44(52)43(51)41(37-48)55-46)40(49)35-33-31-29-27-25-16-14-12-10-8-6-4-2/h39-41,43-46,48-49,51-53H,3-38H2,1-2H3,(H,47,50)/t39-,40+,41-,43-,44?,45?,46-/m0/s1. The lowest BCUT2D eigenvalue weighted by Gasteiger charge is -2.40. The van der Waals surface area contributed by atoms with Crippen LogP contribution in [-0.4, -0.2) is 87.5 Å². The zero-order valence-electron chi connectivity index (χ0n) is 36.0. The van der Waals surface area contributed by atoms with Crippen LogP contribution in [0.25, 0.3) is 0 Å². The number of unbranched alkanes of at least 4 members (excludes halogenated alkanes) is 30. The highest BCUT2D eigenvalue weighted by atomic mass is 16.7. The Bertz CT molecular complexity index is 832. The summed E-state index contributed by atoms with van der Waals surface area (Å²) >= 11 is 0. The maximum absolute atomic E-state index is 13.0. The van der Waals surface area contributed by atoms with Crippen LogP contribution in [0.5, 0.6) is 0 Å². The van der Waals surface area contributed by atoms with E-state index in [-0.39, 0.29) is 12.5 Å². The predicted octanol–water partition coefficient (Wildman–Crippen LogP) is 9.95. The van der Waals surface area contributed by atoms with Gasteiger partial charge >= 0.3 is 0 Å². The summed E-state index contributed by atoms with van der Waals surface area (Å²) in [7, 11) is 0. The molecule has 0 aliphatic carbocycles. The van der Waals surface area contributed by atoms with Crippen LogP contribution in [-0.2, 0) is 14.3 Å². The van der Waals surface area contributed by atoms with Gasteiger partial charge in [-0.25, -0.2) is 0 Å². The maximum Gasteiger partial charge on any atom is 0.220 e. The lowest BCUT2D eigenvalue weighted by molar-refractivity contribution is -0.302. The topological polar surface area (TPSA) is 149 Å². The molecular formula is C46H91NO8. The van der Waals surface area contributed by atoms with Gasteiger partial charge in [0.25, 0.3) is 0 Å². The van der Waals surface area contributed by atoms with Crippen molar-refractivity contribution in [2.45, 2.75) is 275 Å². The van der Waals surface area contributed by atoms with Crippen molar-refractivity contribution in [1.82, 2.24) is 5.32 Å². The minimum atomic E-state index is -1.55. The van der Waals surface area contributed by atoms with Gasteiger partial charge in [-0.15, -0.1) is 0 Å². The van der Waals surface area contributed by atoms with Gasteiger partial charge in [-0.3, -0.25) is 4.79 Å². The van der Waals surface area contributed by atoms with Gasteiger partial charge in [0.05, 0.1) is 25.4 Å². The van der Waals surface area contributed by atoms with Crippen LogP contribution >= 0.6 is 0 Å². The minimum Gasteiger partial charge on any atom is -0.394 e. The molecule has 0 spiro atoms. The Hall–Kier alpha value is -0.810. The molecule has 0 bridgehead atoms. The van der Waals surface area contributed by atoms with E-state index in [9.17, 15) is 30.3 Å². The Labute approximate surface area is 338 Å². The van der Waals surface area contributed by atoms with E-state index in [0.717, 1.165) is 38.5 Å². The quantitative estimate of drug-likeness (QED) is 0.0337. The number of nitrogens with one attached hydrogen (secondary N) is 1. The van der Waals surface area contributed by atoms with Crippen LogP contribution < -0.4 is 5.32 Å². The highest BCUT2D eigenvalue weighted by Gasteiger charge is 2.44. The molecule has 9 nitrogen and oxygen atoms in total. The molecule has 0 aromatic heterocycles. The van der Waals surface area contributed by atoms with Gasteiger partial charge in [0.15, 0.2) is 6.29 Å². The Morgan fingerprint density at radius 1 is 0.545 bits per heavy atom. The minimum absolute atomic E-state index is 0.132. The van der Waals surface area contributed by atoms with E-state index in [1.54, 1.807) is 0 Å². The molecule has 0 saturated carbocycles. The summed E-state index contributed by atoms with van der Waals surface area (Å²) < 4.78 is 11.3. The fourth-order valence-corrected chi connectivity index (χ4v) is 7.87. The fourth-order valence-electron chi connectivity index (χ4n) is 7.87. The first-order valence-corrected chi connectivity index (χ1v) is 23.7.